The zero-order chi connectivity index (χ0) is 85.3. The van der Waals surface area contributed by atoms with Gasteiger partial charge in [0, 0.05) is 116 Å². The molecular formula is C87H87F8NO15S8. The highest BCUT2D eigenvalue weighted by molar-refractivity contribution is 8.78. The van der Waals surface area contributed by atoms with Crippen LogP contribution in [0.4, 0.5) is 35.1 Å². The number of methoxy groups -OCH3 is 1. The lowest BCUT2D eigenvalue weighted by molar-refractivity contribution is -0.135. The highest BCUT2D eigenvalue weighted by Gasteiger charge is 2.26. The number of carbonyl (C=O) groups is 8. The van der Waals surface area contributed by atoms with Crippen LogP contribution in [0.25, 0.3) is 44.5 Å². The third-order valence-corrected chi connectivity index (χ3v) is 30.7. The number of benzene rings is 8. The number of unbranched alkanes of at least 4 members (excludes halogenated alkanes) is 4. The molecule has 0 spiro atoms. The third kappa shape index (κ3) is 30.4. The normalized spacial score (nSPS) is 15.8. The van der Waals surface area contributed by atoms with E-state index in [-0.39, 0.29) is 105 Å². The molecule has 0 saturated carbocycles. The lowest BCUT2D eigenvalue weighted by atomic mass is 10.0. The first-order valence-corrected chi connectivity index (χ1v) is 48.0. The average Bonchev–Trinajstić information content (AvgIpc) is 1.03. The van der Waals surface area contributed by atoms with Crippen molar-refractivity contribution in [1.82, 2.24) is 0 Å². The van der Waals surface area contributed by atoms with E-state index in [0.717, 1.165) is 99.9 Å². The average molecular weight is 1800 g/mol. The minimum Gasteiger partial charge on any atom is -0.478 e. The van der Waals surface area contributed by atoms with Crippen LogP contribution in [0.15, 0.2) is 146 Å². The van der Waals surface area contributed by atoms with Crippen molar-refractivity contribution in [3.8, 4) is 67.5 Å². The van der Waals surface area contributed by atoms with Crippen LogP contribution >= 0.6 is 86.4 Å². The van der Waals surface area contributed by atoms with Crippen molar-refractivity contribution in [2.24, 2.45) is 5.73 Å². The number of carbonyl (C=O) groups excluding carboxylic acids is 7. The molecule has 4 saturated heterocycles. The van der Waals surface area contributed by atoms with E-state index in [1.807, 2.05) is 86.4 Å². The van der Waals surface area contributed by atoms with Gasteiger partial charge in [-0.3, -0.25) is 24.0 Å². The Kier molecular flexibility index (Phi) is 39.0. The van der Waals surface area contributed by atoms with Gasteiger partial charge in [-0.05, 0) is 203 Å². The van der Waals surface area contributed by atoms with Gasteiger partial charge in [0.1, 0.15) is 86.2 Å². The van der Waals surface area contributed by atoms with Gasteiger partial charge in [-0.2, -0.15) is 0 Å². The molecule has 4 unspecified atom stereocenters. The fourth-order valence-corrected chi connectivity index (χ4v) is 24.7. The van der Waals surface area contributed by atoms with Crippen LogP contribution < -0.4 is 24.7 Å². The molecule has 8 aromatic rings. The summed E-state index contributed by atoms with van der Waals surface area (Å²) in [6.07, 6.45) is 16.7. The van der Waals surface area contributed by atoms with Crippen molar-refractivity contribution in [2.75, 3.05) is 36.7 Å². The summed E-state index contributed by atoms with van der Waals surface area (Å²) in [5, 5.41) is 12.1. The second-order valence-electron chi connectivity index (χ2n) is 27.4. The maximum absolute atomic E-state index is 14.2. The number of esters is 6. The first-order chi connectivity index (χ1) is 57.3. The van der Waals surface area contributed by atoms with E-state index in [9.17, 15) is 78.6 Å². The first-order valence-electron chi connectivity index (χ1n) is 38.5. The summed E-state index contributed by atoms with van der Waals surface area (Å²) in [7, 11) is 16.4. The number of hydrogen-bond acceptors (Lipinski definition) is 22. The Balaban J connectivity index is 0.000000181. The second-order valence-corrected chi connectivity index (χ2v) is 38.6. The molecule has 1 amide bonds. The summed E-state index contributed by atoms with van der Waals surface area (Å²) in [4.78, 5) is 96.8. The number of halogens is 8. The fourth-order valence-electron chi connectivity index (χ4n) is 12.6. The molecule has 4 aliphatic heterocycles. The molecule has 119 heavy (non-hydrogen) atoms. The van der Waals surface area contributed by atoms with Crippen molar-refractivity contribution in [3.05, 3.63) is 214 Å². The molecule has 4 aliphatic rings. The predicted octanol–water partition coefficient (Wildman–Crippen LogP) is 23.8. The van der Waals surface area contributed by atoms with E-state index in [4.69, 9.17) is 34.2 Å². The molecule has 634 valence electrons. The van der Waals surface area contributed by atoms with Gasteiger partial charge >= 0.3 is 41.8 Å². The van der Waals surface area contributed by atoms with Crippen molar-refractivity contribution in [3.63, 3.8) is 0 Å². The van der Waals surface area contributed by atoms with Crippen molar-refractivity contribution in [1.29, 1.82) is 0 Å². The van der Waals surface area contributed by atoms with Crippen LogP contribution in [0.3, 0.4) is 0 Å². The Hall–Kier alpha value is -8.24. The van der Waals surface area contributed by atoms with Crippen LogP contribution in [0.5, 0.6) is 23.0 Å². The second kappa shape index (κ2) is 49.0. The van der Waals surface area contributed by atoms with E-state index in [2.05, 4.69) is 0 Å². The number of aromatic carboxylic acids is 1. The molecule has 0 aliphatic carbocycles. The highest BCUT2D eigenvalue weighted by atomic mass is 33.1. The molecule has 0 radical (unpaired) electrons. The molecule has 4 atom stereocenters. The molecule has 16 nitrogen and oxygen atoms in total. The van der Waals surface area contributed by atoms with Gasteiger partial charge in [0.15, 0.2) is 0 Å². The number of nitrogens with two attached hydrogens (primary N) is 1. The smallest absolute Gasteiger partial charge is 0.341 e. The minimum absolute atomic E-state index is 0.00598. The topological polar surface area (TPSA) is 238 Å². The number of primary amides is 1. The predicted molar refractivity (Wildman–Crippen MR) is 460 cm³/mol. The molecule has 3 N–H and O–H groups in total. The van der Waals surface area contributed by atoms with Gasteiger partial charge in [-0.25, -0.2) is 49.5 Å². The molecule has 0 aromatic heterocycles. The summed E-state index contributed by atoms with van der Waals surface area (Å²) in [5.41, 5.74) is 6.89. The van der Waals surface area contributed by atoms with Crippen molar-refractivity contribution < 1.29 is 107 Å². The molecule has 8 aromatic carbocycles. The molecule has 4 fully saturated rings. The van der Waals surface area contributed by atoms with Gasteiger partial charge in [-0.15, -0.1) is 0 Å². The van der Waals surface area contributed by atoms with E-state index >= 15 is 0 Å². The Bertz CT molecular complexity index is 4690. The van der Waals surface area contributed by atoms with Crippen molar-refractivity contribution in [2.45, 2.75) is 156 Å². The largest absolute Gasteiger partial charge is 0.478 e. The first kappa shape index (κ1) is 94.6. The molecule has 32 heteroatoms. The standard InChI is InChI=1S/C23H24F2O4S2.C22H22F2O4S2.C21H21F2NO3S2.C21H20F2O4S2/c1-2-28-23(27)19-13-15(18-9-8-16(24)14-20(18)25)7-10-21(19)29-22(26)6-4-3-5-17-11-12-30-31-17;1-27-22(26)18-12-14(17-8-7-15(23)13-19(17)24)6-9-20(18)28-21(25)5-3-2-4-16-10-11-29-30-16;22-14-6-7-16(18(23)12-14)13-5-8-19(17(11-13)21(24)26)27-20(25)4-2-1-3-15-9-10-28-29-15;22-14-6-7-16(18(23)12-14)13-5-8-19(17(11-13)21(25)26)27-20(24)4-2-1-3-15-9-10-28-29-15/h7-10,13-14,17H,2-6,11-12H2,1H3;6-9,12-13,16H,2-5,10-11H2,1H3;5-8,11-12,15H,1-4,9-10H2,(H2,24,26);5-8,11-12,15H,1-4,9-10H2,(H,25,26). The maximum atomic E-state index is 14.2. The Labute approximate surface area is 716 Å². The van der Waals surface area contributed by atoms with Crippen molar-refractivity contribution >= 4 is 134 Å². The zero-order valence-electron chi connectivity index (χ0n) is 64.9. The number of ether oxygens (including phenoxy) is 6. The lowest BCUT2D eigenvalue weighted by Crippen LogP contribution is -2.16. The van der Waals surface area contributed by atoms with Gasteiger partial charge in [0.25, 0.3) is 5.91 Å². The Morgan fingerprint density at radius 2 is 0.630 bits per heavy atom. The number of amides is 1. The van der Waals surface area contributed by atoms with E-state index in [0.29, 0.717) is 63.4 Å². The minimum atomic E-state index is -1.30. The number of hydrogen-bond donors (Lipinski definition) is 2. The third-order valence-electron chi connectivity index (χ3n) is 18.7. The summed E-state index contributed by atoms with van der Waals surface area (Å²) in [6, 6.07) is 29.5. The highest BCUT2D eigenvalue weighted by Crippen LogP contribution is 2.44. The van der Waals surface area contributed by atoms with E-state index in [1.165, 1.54) is 153 Å². The zero-order valence-corrected chi connectivity index (χ0v) is 71.4. The SMILES string of the molecule is CCOC(=O)c1cc(-c2ccc(F)cc2F)ccc1OC(=O)CCCCC1CCSS1.COC(=O)c1cc(-c2ccc(F)cc2F)ccc1OC(=O)CCCCC1CCSS1.NC(=O)c1cc(-c2ccc(F)cc2F)ccc1OC(=O)CCCCC1CCSS1.O=C(CCCCC1CCSS1)Oc1ccc(-c2ccc(F)cc2F)cc1C(=O)O. The van der Waals surface area contributed by atoms with Crippen LogP contribution in [0.1, 0.15) is 177 Å². The number of carboxylic acid groups (broad SMARTS) is 1. The van der Waals surface area contributed by atoms with Gasteiger partial charge in [0.2, 0.25) is 0 Å². The molecular weight excluding hydrogens is 1710 g/mol. The molecule has 4 heterocycles. The van der Waals surface area contributed by atoms with Crippen LogP contribution in [0.2, 0.25) is 0 Å². The Morgan fingerprint density at radius 3 is 0.882 bits per heavy atom. The van der Waals surface area contributed by atoms with E-state index in [1.54, 1.807) is 6.92 Å². The van der Waals surface area contributed by atoms with Gasteiger partial charge in [-0.1, -0.05) is 136 Å². The van der Waals surface area contributed by atoms with Crippen LogP contribution in [-0.2, 0) is 28.7 Å². The Morgan fingerprint density at radius 1 is 0.361 bits per heavy atom. The monoisotopic (exact) mass is 1790 g/mol. The summed E-state index contributed by atoms with van der Waals surface area (Å²) < 4.78 is 140. The number of carboxylic acids is 1. The van der Waals surface area contributed by atoms with Gasteiger partial charge in [0.05, 0.1) is 19.3 Å². The maximum Gasteiger partial charge on any atom is 0.341 e. The summed E-state index contributed by atoms with van der Waals surface area (Å²) in [5.74, 6) is -6.36. The van der Waals surface area contributed by atoms with Crippen LogP contribution in [-0.4, -0.2) is 111 Å². The summed E-state index contributed by atoms with van der Waals surface area (Å²) >= 11 is 0. The van der Waals surface area contributed by atoms with E-state index < -0.39 is 94.2 Å². The quantitative estimate of drug-likeness (QED) is 0.0128. The lowest BCUT2D eigenvalue weighted by Gasteiger charge is -2.12. The molecule has 0 bridgehead atoms. The van der Waals surface area contributed by atoms with Crippen LogP contribution in [0, 0.1) is 46.5 Å². The number of rotatable bonds is 33. The van der Waals surface area contributed by atoms with Gasteiger partial charge < -0.3 is 39.3 Å². The fraction of sp³-hybridized carbons (Fsp3) is 0.356. The summed E-state index contributed by atoms with van der Waals surface area (Å²) in [6.45, 7) is 1.80. The molecule has 12 rings (SSSR count).